The molecule has 0 aromatic rings. The van der Waals surface area contributed by atoms with E-state index in [0.717, 1.165) is 0 Å². The first-order valence-corrected chi connectivity index (χ1v) is 4.51. The summed E-state index contributed by atoms with van der Waals surface area (Å²) in [4.78, 5) is 0. The Kier molecular flexibility index (Phi) is 9.85. The second-order valence-electron chi connectivity index (χ2n) is 2.84. The van der Waals surface area contributed by atoms with Crippen molar-refractivity contribution in [1.29, 1.82) is 0 Å². The fourth-order valence-electron chi connectivity index (χ4n) is 1.15. The molecule has 11 heavy (non-hydrogen) atoms. The first-order chi connectivity index (χ1) is 5.41. The van der Waals surface area contributed by atoms with Crippen LogP contribution in [0.1, 0.15) is 38.5 Å². The van der Waals surface area contributed by atoms with Crippen molar-refractivity contribution in [2.45, 2.75) is 38.5 Å². The first kappa shape index (κ1) is 10.9. The molecular formula is C9H20O2. The Bertz CT molecular complexity index is 47.1. The van der Waals surface area contributed by atoms with E-state index in [1.165, 1.54) is 38.5 Å². The Morgan fingerprint density at radius 3 is 1.45 bits per heavy atom. The zero-order valence-corrected chi connectivity index (χ0v) is 7.51. The second kappa shape index (κ2) is 9.92. The Hall–Kier alpha value is -0.0800. The lowest BCUT2D eigenvalue weighted by Gasteiger charge is -2.05. The van der Waals surface area contributed by atoms with Crippen LogP contribution >= 0.6 is 0 Å². The minimum absolute atomic E-state index is 0.122. The minimum Gasteiger partial charge on any atom is -0.394 e. The van der Waals surface area contributed by atoms with Crippen molar-refractivity contribution < 1.29 is 9.84 Å². The summed E-state index contributed by atoms with van der Waals surface area (Å²) in [5, 5.41) is 7.94. The number of aliphatic hydroxyl groups is 1. The molecule has 0 radical (unpaired) electrons. The van der Waals surface area contributed by atoms with E-state index in [9.17, 15) is 0 Å². The third kappa shape index (κ3) is 9.92. The molecule has 1 fully saturated rings. The van der Waals surface area contributed by atoms with Crippen molar-refractivity contribution >= 4 is 0 Å². The fraction of sp³-hybridized carbons (Fsp3) is 1.00. The predicted molar refractivity (Wildman–Crippen MR) is 46.7 cm³/mol. The van der Waals surface area contributed by atoms with E-state index in [4.69, 9.17) is 5.11 Å². The highest BCUT2D eigenvalue weighted by molar-refractivity contribution is 4.51. The molecule has 2 nitrogen and oxygen atoms in total. The van der Waals surface area contributed by atoms with E-state index in [-0.39, 0.29) is 6.61 Å². The van der Waals surface area contributed by atoms with E-state index >= 15 is 0 Å². The van der Waals surface area contributed by atoms with Gasteiger partial charge in [0, 0.05) is 7.11 Å². The number of hydrogen-bond donors (Lipinski definition) is 1. The molecule has 1 rings (SSSR count). The number of hydrogen-bond acceptors (Lipinski definition) is 2. The zero-order valence-electron chi connectivity index (χ0n) is 7.51. The lowest BCUT2D eigenvalue weighted by atomic mass is 10.0. The largest absolute Gasteiger partial charge is 0.394 e. The summed E-state index contributed by atoms with van der Waals surface area (Å²) in [6.07, 6.45) is 9.00. The lowest BCUT2D eigenvalue weighted by molar-refractivity contribution is 0.135. The van der Waals surface area contributed by atoms with Gasteiger partial charge in [0.05, 0.1) is 13.2 Å². The van der Waals surface area contributed by atoms with Gasteiger partial charge in [0.2, 0.25) is 0 Å². The molecule has 0 aromatic carbocycles. The molecule has 0 heterocycles. The third-order valence-electron chi connectivity index (χ3n) is 1.80. The van der Waals surface area contributed by atoms with E-state index in [2.05, 4.69) is 4.74 Å². The van der Waals surface area contributed by atoms with Crippen LogP contribution in [0.5, 0.6) is 0 Å². The van der Waals surface area contributed by atoms with Crippen molar-refractivity contribution in [1.82, 2.24) is 0 Å². The molecule has 0 unspecified atom stereocenters. The van der Waals surface area contributed by atoms with Gasteiger partial charge in [-0.1, -0.05) is 38.5 Å². The second-order valence-corrected chi connectivity index (χ2v) is 2.84. The topological polar surface area (TPSA) is 29.5 Å². The van der Waals surface area contributed by atoms with Gasteiger partial charge in [-0.15, -0.1) is 0 Å². The fourth-order valence-corrected chi connectivity index (χ4v) is 1.15. The summed E-state index contributed by atoms with van der Waals surface area (Å²) >= 11 is 0. The van der Waals surface area contributed by atoms with Crippen molar-refractivity contribution in [3.05, 3.63) is 0 Å². The summed E-state index contributed by atoms with van der Waals surface area (Å²) in [5.41, 5.74) is 0. The standard InChI is InChI=1S/C6H12.C3H8O2/c1-2-4-6-5-3-1;1-5-3-2-4/h1-6H2;4H,2-3H2,1H3. The summed E-state index contributed by atoms with van der Waals surface area (Å²) in [6.45, 7) is 0.566. The molecule has 0 bridgehead atoms. The van der Waals surface area contributed by atoms with Crippen LogP contribution in [-0.4, -0.2) is 25.4 Å². The molecule has 0 saturated heterocycles. The van der Waals surface area contributed by atoms with Gasteiger partial charge >= 0.3 is 0 Å². The van der Waals surface area contributed by atoms with Crippen molar-refractivity contribution in [2.75, 3.05) is 20.3 Å². The average Bonchev–Trinajstić information content (AvgIpc) is 2.10. The number of methoxy groups -OCH3 is 1. The molecule has 2 heteroatoms. The van der Waals surface area contributed by atoms with Crippen molar-refractivity contribution in [3.8, 4) is 0 Å². The molecule has 0 spiro atoms. The molecule has 1 aliphatic carbocycles. The van der Waals surface area contributed by atoms with Crippen molar-refractivity contribution in [2.24, 2.45) is 0 Å². The quantitative estimate of drug-likeness (QED) is 0.669. The van der Waals surface area contributed by atoms with Crippen LogP contribution in [0.25, 0.3) is 0 Å². The summed E-state index contributed by atoms with van der Waals surface area (Å²) < 4.78 is 4.44. The van der Waals surface area contributed by atoms with Gasteiger partial charge in [0.1, 0.15) is 0 Å². The maximum atomic E-state index is 7.94. The normalized spacial score (nSPS) is 16.9. The summed E-state index contributed by atoms with van der Waals surface area (Å²) in [7, 11) is 1.55. The Labute approximate surface area is 69.6 Å². The summed E-state index contributed by atoms with van der Waals surface area (Å²) in [5.74, 6) is 0. The highest BCUT2D eigenvalue weighted by Gasteiger charge is 1.95. The molecular weight excluding hydrogens is 140 g/mol. The van der Waals surface area contributed by atoms with Crippen LogP contribution in [0.4, 0.5) is 0 Å². The van der Waals surface area contributed by atoms with E-state index < -0.39 is 0 Å². The predicted octanol–water partition coefficient (Wildman–Crippen LogP) is 1.97. The smallest absolute Gasteiger partial charge is 0.0693 e. The van der Waals surface area contributed by atoms with E-state index in [0.29, 0.717) is 6.61 Å². The van der Waals surface area contributed by atoms with Crippen LogP contribution in [0.2, 0.25) is 0 Å². The molecule has 1 aliphatic rings. The molecule has 0 amide bonds. The lowest BCUT2D eigenvalue weighted by Crippen LogP contribution is -1.91. The van der Waals surface area contributed by atoms with Gasteiger partial charge in [0.15, 0.2) is 0 Å². The minimum atomic E-state index is 0.122. The monoisotopic (exact) mass is 160 g/mol. The number of rotatable bonds is 2. The molecule has 68 valence electrons. The molecule has 1 saturated carbocycles. The molecule has 1 N–H and O–H groups in total. The third-order valence-corrected chi connectivity index (χ3v) is 1.80. The van der Waals surface area contributed by atoms with Crippen LogP contribution in [0.15, 0.2) is 0 Å². The molecule has 0 aromatic heterocycles. The zero-order chi connectivity index (χ0) is 8.36. The Morgan fingerprint density at radius 2 is 1.36 bits per heavy atom. The number of aliphatic hydroxyl groups excluding tert-OH is 1. The van der Waals surface area contributed by atoms with Gasteiger partial charge in [-0.3, -0.25) is 0 Å². The van der Waals surface area contributed by atoms with E-state index in [1.807, 2.05) is 0 Å². The average molecular weight is 160 g/mol. The summed E-state index contributed by atoms with van der Waals surface area (Å²) in [6, 6.07) is 0. The highest BCUT2D eigenvalue weighted by atomic mass is 16.5. The van der Waals surface area contributed by atoms with Gasteiger partial charge in [0.25, 0.3) is 0 Å². The van der Waals surface area contributed by atoms with E-state index in [1.54, 1.807) is 7.11 Å². The van der Waals surface area contributed by atoms with Gasteiger partial charge in [-0.2, -0.15) is 0 Å². The van der Waals surface area contributed by atoms with Gasteiger partial charge < -0.3 is 9.84 Å². The highest BCUT2D eigenvalue weighted by Crippen LogP contribution is 2.15. The Balaban J connectivity index is 0.000000187. The maximum absolute atomic E-state index is 7.94. The van der Waals surface area contributed by atoms with Gasteiger partial charge in [-0.05, 0) is 0 Å². The first-order valence-electron chi connectivity index (χ1n) is 4.51. The molecule has 0 aliphatic heterocycles. The molecule has 0 atom stereocenters. The van der Waals surface area contributed by atoms with Gasteiger partial charge in [-0.25, -0.2) is 0 Å². The van der Waals surface area contributed by atoms with Crippen LogP contribution < -0.4 is 0 Å². The SMILES string of the molecule is C1CCCCC1.COCCO. The van der Waals surface area contributed by atoms with Crippen molar-refractivity contribution in [3.63, 3.8) is 0 Å². The van der Waals surface area contributed by atoms with Crippen LogP contribution in [0, 0.1) is 0 Å². The Morgan fingerprint density at radius 1 is 1.00 bits per heavy atom. The number of ether oxygens (including phenoxy) is 1. The maximum Gasteiger partial charge on any atom is 0.0693 e. The van der Waals surface area contributed by atoms with Crippen LogP contribution in [-0.2, 0) is 4.74 Å². The van der Waals surface area contributed by atoms with Crippen LogP contribution in [0.3, 0.4) is 0 Å².